The fourth-order valence-corrected chi connectivity index (χ4v) is 3.69. The van der Waals surface area contributed by atoms with Gasteiger partial charge in [-0.25, -0.2) is 4.79 Å². The normalized spacial score (nSPS) is 14.8. The zero-order valence-electron chi connectivity index (χ0n) is 20.7. The molecular formula is C30H34O6. The summed E-state index contributed by atoms with van der Waals surface area (Å²) >= 11 is 0. The van der Waals surface area contributed by atoms with Crippen molar-refractivity contribution >= 4 is 5.97 Å². The average Bonchev–Trinajstić information content (AvgIpc) is 2.92. The van der Waals surface area contributed by atoms with Crippen molar-refractivity contribution in [1.82, 2.24) is 0 Å². The van der Waals surface area contributed by atoms with E-state index < -0.39 is 30.4 Å². The van der Waals surface area contributed by atoms with Gasteiger partial charge in [-0.05, 0) is 29.7 Å². The van der Waals surface area contributed by atoms with Crippen molar-refractivity contribution in [2.45, 2.75) is 51.2 Å². The molecule has 3 aromatic rings. The number of ether oxygens (including phenoxy) is 4. The van der Waals surface area contributed by atoms with Crippen LogP contribution in [0.3, 0.4) is 0 Å². The molecule has 0 heterocycles. The minimum atomic E-state index is -0.871. The highest BCUT2D eigenvalue weighted by Gasteiger charge is 2.34. The van der Waals surface area contributed by atoms with Crippen LogP contribution in [0.1, 0.15) is 23.6 Å². The first-order valence-electron chi connectivity index (χ1n) is 12.0. The number of esters is 1. The Hall–Kier alpha value is -3.29. The Morgan fingerprint density at radius 3 is 1.56 bits per heavy atom. The van der Waals surface area contributed by atoms with Crippen LogP contribution >= 0.6 is 0 Å². The van der Waals surface area contributed by atoms with E-state index in [0.29, 0.717) is 0 Å². The fraction of sp³-hybridized carbons (Fsp3) is 0.300. The minimum absolute atomic E-state index is 0.278. The van der Waals surface area contributed by atoms with E-state index in [2.05, 4.69) is 0 Å². The SMILES string of the molecule is COC(=O)/C=C/[C@@H](OCc1ccccc1)[C@H](OCc1ccccc1)[C@H](OCc1ccccc1)[C@H](C)O. The van der Waals surface area contributed by atoms with Crippen molar-refractivity contribution in [1.29, 1.82) is 0 Å². The van der Waals surface area contributed by atoms with Gasteiger partial charge in [-0.15, -0.1) is 0 Å². The Morgan fingerprint density at radius 1 is 0.722 bits per heavy atom. The maximum absolute atomic E-state index is 11.9. The second-order valence-electron chi connectivity index (χ2n) is 8.41. The van der Waals surface area contributed by atoms with Gasteiger partial charge in [-0.2, -0.15) is 0 Å². The lowest BCUT2D eigenvalue weighted by atomic mass is 10.0. The van der Waals surface area contributed by atoms with Gasteiger partial charge in [0.2, 0.25) is 0 Å². The first-order chi connectivity index (χ1) is 17.6. The lowest BCUT2D eigenvalue weighted by Gasteiger charge is -2.34. The van der Waals surface area contributed by atoms with Crippen LogP contribution in [0.15, 0.2) is 103 Å². The molecule has 0 aliphatic heterocycles. The first-order valence-corrected chi connectivity index (χ1v) is 12.0. The monoisotopic (exact) mass is 490 g/mol. The van der Waals surface area contributed by atoms with Crippen molar-refractivity contribution in [3.8, 4) is 0 Å². The number of aliphatic hydroxyl groups is 1. The molecule has 1 N–H and O–H groups in total. The van der Waals surface area contributed by atoms with Crippen LogP contribution in [0.4, 0.5) is 0 Å². The van der Waals surface area contributed by atoms with Crippen LogP contribution in [0, 0.1) is 0 Å². The van der Waals surface area contributed by atoms with Gasteiger partial charge in [0.15, 0.2) is 0 Å². The molecular weight excluding hydrogens is 456 g/mol. The van der Waals surface area contributed by atoms with E-state index in [9.17, 15) is 9.90 Å². The summed E-state index contributed by atoms with van der Waals surface area (Å²) in [5.41, 5.74) is 2.90. The van der Waals surface area contributed by atoms with E-state index >= 15 is 0 Å². The number of benzene rings is 3. The second-order valence-corrected chi connectivity index (χ2v) is 8.41. The topological polar surface area (TPSA) is 74.2 Å². The molecule has 0 aliphatic rings. The Morgan fingerprint density at radius 2 is 1.14 bits per heavy atom. The molecule has 6 heteroatoms. The maximum atomic E-state index is 11.9. The molecule has 0 saturated carbocycles. The molecule has 190 valence electrons. The lowest BCUT2D eigenvalue weighted by molar-refractivity contribution is -0.166. The third kappa shape index (κ3) is 9.06. The molecule has 0 fully saturated rings. The van der Waals surface area contributed by atoms with Crippen molar-refractivity contribution in [2.75, 3.05) is 7.11 Å². The highest BCUT2D eigenvalue weighted by atomic mass is 16.6. The number of hydrogen-bond donors (Lipinski definition) is 1. The molecule has 3 rings (SSSR count). The minimum Gasteiger partial charge on any atom is -0.466 e. The van der Waals surface area contributed by atoms with Gasteiger partial charge >= 0.3 is 5.97 Å². The molecule has 0 amide bonds. The number of hydrogen-bond acceptors (Lipinski definition) is 6. The molecule has 36 heavy (non-hydrogen) atoms. The summed E-state index contributed by atoms with van der Waals surface area (Å²) in [6.07, 6.45) is -0.126. The van der Waals surface area contributed by atoms with E-state index in [0.717, 1.165) is 16.7 Å². The Kier molecular flexibility index (Phi) is 11.3. The maximum Gasteiger partial charge on any atom is 0.330 e. The third-order valence-corrected chi connectivity index (χ3v) is 5.60. The summed E-state index contributed by atoms with van der Waals surface area (Å²) in [7, 11) is 1.32. The molecule has 0 spiro atoms. The number of aliphatic hydroxyl groups excluding tert-OH is 1. The predicted molar refractivity (Wildman–Crippen MR) is 138 cm³/mol. The molecule has 3 aromatic carbocycles. The predicted octanol–water partition coefficient (Wildman–Crippen LogP) is 4.85. The number of carbonyl (C=O) groups is 1. The van der Waals surface area contributed by atoms with Gasteiger partial charge in [0.1, 0.15) is 18.3 Å². The second kappa shape index (κ2) is 15.0. The quantitative estimate of drug-likeness (QED) is 0.257. The molecule has 0 aromatic heterocycles. The third-order valence-electron chi connectivity index (χ3n) is 5.60. The number of methoxy groups -OCH3 is 1. The summed E-state index contributed by atoms with van der Waals surface area (Å²) in [5.74, 6) is -0.510. The van der Waals surface area contributed by atoms with Crippen LogP contribution in [-0.2, 0) is 43.6 Å². The average molecular weight is 491 g/mol. The van der Waals surface area contributed by atoms with Crippen LogP contribution in [0.5, 0.6) is 0 Å². The number of rotatable bonds is 14. The highest BCUT2D eigenvalue weighted by Crippen LogP contribution is 2.22. The molecule has 0 radical (unpaired) electrons. The molecule has 4 atom stereocenters. The standard InChI is InChI=1S/C30H34O6/c1-23(31)29(35-21-25-14-8-4-9-15-25)30(36-22-26-16-10-5-11-17-26)27(18-19-28(32)33-2)34-20-24-12-6-3-7-13-24/h3-19,23,27,29-31H,20-22H2,1-2H3/b19-18+/t23-,27+,29+,30-/m0/s1. The highest BCUT2D eigenvalue weighted by molar-refractivity contribution is 5.81. The van der Waals surface area contributed by atoms with Crippen LogP contribution in [0.2, 0.25) is 0 Å². The number of carbonyl (C=O) groups excluding carboxylic acids is 1. The smallest absolute Gasteiger partial charge is 0.330 e. The summed E-state index contributed by atoms with van der Waals surface area (Å²) in [4.78, 5) is 11.9. The Labute approximate surface area is 213 Å². The van der Waals surface area contributed by atoms with Gasteiger partial charge in [0.25, 0.3) is 0 Å². The zero-order valence-corrected chi connectivity index (χ0v) is 20.7. The van der Waals surface area contributed by atoms with Crippen molar-refractivity contribution in [3.05, 3.63) is 120 Å². The van der Waals surface area contributed by atoms with E-state index in [1.54, 1.807) is 13.0 Å². The summed E-state index contributed by atoms with van der Waals surface area (Å²) < 4.78 is 23.6. The van der Waals surface area contributed by atoms with Crippen LogP contribution in [-0.4, -0.2) is 42.6 Å². The van der Waals surface area contributed by atoms with Gasteiger partial charge in [-0.3, -0.25) is 0 Å². The summed E-state index contributed by atoms with van der Waals surface area (Å²) in [6, 6.07) is 29.2. The molecule has 0 unspecified atom stereocenters. The van der Waals surface area contributed by atoms with Gasteiger partial charge in [0.05, 0.1) is 33.0 Å². The van der Waals surface area contributed by atoms with Crippen molar-refractivity contribution < 1.29 is 28.8 Å². The summed E-state index contributed by atoms with van der Waals surface area (Å²) in [6.45, 7) is 2.51. The van der Waals surface area contributed by atoms with Gasteiger partial charge in [0, 0.05) is 6.08 Å². The lowest BCUT2D eigenvalue weighted by Crippen LogP contribution is -2.47. The Balaban J connectivity index is 1.87. The molecule has 0 bridgehead atoms. The zero-order chi connectivity index (χ0) is 25.6. The van der Waals surface area contributed by atoms with Crippen molar-refractivity contribution in [2.24, 2.45) is 0 Å². The molecule has 0 saturated heterocycles. The van der Waals surface area contributed by atoms with Crippen LogP contribution in [0.25, 0.3) is 0 Å². The van der Waals surface area contributed by atoms with Crippen LogP contribution < -0.4 is 0 Å². The fourth-order valence-electron chi connectivity index (χ4n) is 3.69. The molecule has 6 nitrogen and oxygen atoms in total. The molecule has 0 aliphatic carbocycles. The van der Waals surface area contributed by atoms with E-state index in [4.69, 9.17) is 18.9 Å². The van der Waals surface area contributed by atoms with Gasteiger partial charge < -0.3 is 24.1 Å². The largest absolute Gasteiger partial charge is 0.466 e. The van der Waals surface area contributed by atoms with E-state index in [1.807, 2.05) is 91.0 Å². The van der Waals surface area contributed by atoms with Gasteiger partial charge in [-0.1, -0.05) is 91.0 Å². The van der Waals surface area contributed by atoms with E-state index in [-0.39, 0.29) is 19.8 Å². The van der Waals surface area contributed by atoms with Crippen molar-refractivity contribution in [3.63, 3.8) is 0 Å². The summed E-state index contributed by atoms with van der Waals surface area (Å²) in [5, 5.41) is 10.7. The Bertz CT molecular complexity index is 1040. The van der Waals surface area contributed by atoms with E-state index in [1.165, 1.54) is 13.2 Å². The first kappa shape index (κ1) is 27.3.